The molecule has 2 aromatic carbocycles. The zero-order valence-electron chi connectivity index (χ0n) is 14.6. The van der Waals surface area contributed by atoms with Gasteiger partial charge in [0.2, 0.25) is 0 Å². The first-order valence-corrected chi connectivity index (χ1v) is 9.06. The maximum Gasteiger partial charge on any atom is 0.352 e. The summed E-state index contributed by atoms with van der Waals surface area (Å²) in [5, 5.41) is 5.40. The highest BCUT2D eigenvalue weighted by Crippen LogP contribution is 2.20. The monoisotopic (exact) mass is 420 g/mol. The maximum atomic E-state index is 12.2. The highest BCUT2D eigenvalue weighted by molar-refractivity contribution is 9.10. The van der Waals surface area contributed by atoms with Crippen LogP contribution in [0.3, 0.4) is 0 Å². The lowest BCUT2D eigenvalue weighted by Crippen LogP contribution is -2.29. The van der Waals surface area contributed by atoms with Crippen LogP contribution in [0.1, 0.15) is 20.3 Å². The largest absolute Gasteiger partial charge is 0.479 e. The van der Waals surface area contributed by atoms with Gasteiger partial charge in [0.1, 0.15) is 11.5 Å². The average Bonchev–Trinajstić information content (AvgIpc) is 2.62. The Kier molecular flexibility index (Phi) is 7.47. The molecule has 0 aromatic heterocycles. The minimum atomic E-state index is -0.777. The van der Waals surface area contributed by atoms with Crippen LogP contribution in [0.5, 0.6) is 11.5 Å². The highest BCUT2D eigenvalue weighted by atomic mass is 79.9. The first kappa shape index (κ1) is 19.8. The third-order valence-corrected chi connectivity index (χ3v) is 3.83. The molecular weight excluding hydrogens is 400 g/mol. The summed E-state index contributed by atoms with van der Waals surface area (Å²) in [6, 6.07) is 13.5. The van der Waals surface area contributed by atoms with E-state index < -0.39 is 12.1 Å². The minimum Gasteiger partial charge on any atom is -0.479 e. The molecule has 0 radical (unpaired) electrons. The Labute approximate surface area is 161 Å². The van der Waals surface area contributed by atoms with E-state index in [-0.39, 0.29) is 6.03 Å². The van der Waals surface area contributed by atoms with Crippen molar-refractivity contribution in [2.24, 2.45) is 0 Å². The van der Waals surface area contributed by atoms with Crippen molar-refractivity contribution < 1.29 is 19.1 Å². The van der Waals surface area contributed by atoms with Gasteiger partial charge in [0.05, 0.1) is 0 Å². The lowest BCUT2D eigenvalue weighted by Gasteiger charge is -2.14. The number of urea groups is 1. The number of esters is 1. The summed E-state index contributed by atoms with van der Waals surface area (Å²) in [7, 11) is 0. The van der Waals surface area contributed by atoms with E-state index in [0.29, 0.717) is 23.7 Å². The van der Waals surface area contributed by atoms with Crippen molar-refractivity contribution in [3.05, 3.63) is 53.0 Å². The van der Waals surface area contributed by atoms with Crippen molar-refractivity contribution in [2.45, 2.75) is 26.4 Å². The molecule has 2 N–H and O–H groups in total. The molecule has 0 fully saturated rings. The van der Waals surface area contributed by atoms with E-state index in [1.54, 1.807) is 43.3 Å². The van der Waals surface area contributed by atoms with Crippen LogP contribution in [0.25, 0.3) is 0 Å². The number of hydrogen-bond donors (Lipinski definition) is 2. The van der Waals surface area contributed by atoms with Crippen LogP contribution in [0, 0.1) is 0 Å². The van der Waals surface area contributed by atoms with E-state index in [4.69, 9.17) is 9.47 Å². The highest BCUT2D eigenvalue weighted by Gasteiger charge is 2.17. The lowest BCUT2D eigenvalue weighted by atomic mass is 10.3. The van der Waals surface area contributed by atoms with Gasteiger partial charge in [0, 0.05) is 22.8 Å². The lowest BCUT2D eigenvalue weighted by molar-refractivity contribution is -0.141. The van der Waals surface area contributed by atoms with Crippen LogP contribution in [-0.4, -0.2) is 24.6 Å². The molecule has 1 atom stereocenters. The Morgan fingerprint density at radius 2 is 1.85 bits per heavy atom. The summed E-state index contributed by atoms with van der Waals surface area (Å²) in [5.41, 5.74) is 0.533. The molecule has 0 bridgehead atoms. The van der Waals surface area contributed by atoms with Gasteiger partial charge >= 0.3 is 12.0 Å². The number of rotatable bonds is 7. The number of ether oxygens (including phenoxy) is 2. The number of anilines is 1. The second-order valence-corrected chi connectivity index (χ2v) is 6.46. The molecule has 0 saturated carbocycles. The molecule has 2 rings (SSSR count). The van der Waals surface area contributed by atoms with Crippen LogP contribution in [0.15, 0.2) is 53.0 Å². The second-order valence-electron chi connectivity index (χ2n) is 5.54. The third kappa shape index (κ3) is 6.40. The van der Waals surface area contributed by atoms with Crippen LogP contribution in [-0.2, 0) is 4.79 Å². The molecule has 26 heavy (non-hydrogen) atoms. The van der Waals surface area contributed by atoms with Gasteiger partial charge in [-0.25, -0.2) is 9.59 Å². The fourth-order valence-electron chi connectivity index (χ4n) is 2.02. The van der Waals surface area contributed by atoms with Gasteiger partial charge in [-0.2, -0.15) is 0 Å². The van der Waals surface area contributed by atoms with E-state index in [1.807, 2.05) is 19.1 Å². The van der Waals surface area contributed by atoms with Crippen molar-refractivity contribution in [3.8, 4) is 11.5 Å². The molecule has 138 valence electrons. The Morgan fingerprint density at radius 3 is 2.54 bits per heavy atom. The normalized spacial score (nSPS) is 11.3. The summed E-state index contributed by atoms with van der Waals surface area (Å²) in [6.45, 7) is 4.17. The number of carbonyl (C=O) groups is 2. The van der Waals surface area contributed by atoms with Gasteiger partial charge in [0.15, 0.2) is 6.10 Å². The summed E-state index contributed by atoms with van der Waals surface area (Å²) >= 11 is 3.34. The van der Waals surface area contributed by atoms with Gasteiger partial charge < -0.3 is 20.1 Å². The molecular formula is C19H21BrN2O4. The van der Waals surface area contributed by atoms with E-state index in [2.05, 4.69) is 26.6 Å². The number of hydrogen-bond acceptors (Lipinski definition) is 4. The van der Waals surface area contributed by atoms with Crippen molar-refractivity contribution in [2.75, 3.05) is 11.9 Å². The molecule has 2 aromatic rings. The van der Waals surface area contributed by atoms with Gasteiger partial charge in [-0.05, 0) is 49.7 Å². The van der Waals surface area contributed by atoms with E-state index in [1.165, 1.54) is 0 Å². The Bertz CT molecular complexity index is 749. The smallest absolute Gasteiger partial charge is 0.352 e. The molecule has 1 unspecified atom stereocenters. The third-order valence-electron chi connectivity index (χ3n) is 3.30. The van der Waals surface area contributed by atoms with Crippen molar-refractivity contribution >= 4 is 33.6 Å². The van der Waals surface area contributed by atoms with E-state index in [0.717, 1.165) is 10.9 Å². The van der Waals surface area contributed by atoms with E-state index in [9.17, 15) is 9.59 Å². The average molecular weight is 421 g/mol. The number of benzene rings is 2. The number of halogens is 1. The molecule has 7 heteroatoms. The second kappa shape index (κ2) is 9.82. The summed E-state index contributed by atoms with van der Waals surface area (Å²) in [4.78, 5) is 23.9. The van der Waals surface area contributed by atoms with Crippen LogP contribution >= 0.6 is 15.9 Å². The molecule has 0 aliphatic rings. The van der Waals surface area contributed by atoms with Gasteiger partial charge in [0.25, 0.3) is 0 Å². The van der Waals surface area contributed by atoms with Gasteiger partial charge in [-0.1, -0.05) is 28.9 Å². The SMILES string of the molecule is CCCNC(=O)Nc1cccc(OC(=O)C(C)Oc2ccc(Br)cc2)c1. The molecule has 0 aliphatic heterocycles. The fraction of sp³-hybridized carbons (Fsp3) is 0.263. The van der Waals surface area contributed by atoms with Gasteiger partial charge in [-0.3, -0.25) is 0 Å². The zero-order chi connectivity index (χ0) is 18.9. The molecule has 0 saturated heterocycles. The molecule has 2 amide bonds. The van der Waals surface area contributed by atoms with Crippen LogP contribution in [0.2, 0.25) is 0 Å². The topological polar surface area (TPSA) is 76.7 Å². The number of nitrogens with one attached hydrogen (secondary N) is 2. The molecule has 6 nitrogen and oxygen atoms in total. The summed E-state index contributed by atoms with van der Waals surface area (Å²) in [5.74, 6) is 0.371. The Morgan fingerprint density at radius 1 is 1.12 bits per heavy atom. The molecule has 0 spiro atoms. The Hall–Kier alpha value is -2.54. The zero-order valence-corrected chi connectivity index (χ0v) is 16.2. The molecule has 0 aliphatic carbocycles. The van der Waals surface area contributed by atoms with Gasteiger partial charge in [-0.15, -0.1) is 0 Å². The number of amides is 2. The fourth-order valence-corrected chi connectivity index (χ4v) is 2.28. The Balaban J connectivity index is 1.92. The van der Waals surface area contributed by atoms with E-state index >= 15 is 0 Å². The minimum absolute atomic E-state index is 0.303. The van der Waals surface area contributed by atoms with Crippen LogP contribution < -0.4 is 20.1 Å². The summed E-state index contributed by atoms with van der Waals surface area (Å²) < 4.78 is 11.8. The van der Waals surface area contributed by atoms with Crippen molar-refractivity contribution in [3.63, 3.8) is 0 Å². The van der Waals surface area contributed by atoms with Crippen LogP contribution in [0.4, 0.5) is 10.5 Å². The summed E-state index contributed by atoms with van der Waals surface area (Å²) in [6.07, 6.45) is 0.0714. The predicted octanol–water partition coefficient (Wildman–Crippen LogP) is 4.35. The van der Waals surface area contributed by atoms with Crippen molar-refractivity contribution in [1.29, 1.82) is 0 Å². The van der Waals surface area contributed by atoms with Crippen molar-refractivity contribution in [1.82, 2.24) is 5.32 Å². The number of carbonyl (C=O) groups excluding carboxylic acids is 2. The quantitative estimate of drug-likeness (QED) is 0.515. The predicted molar refractivity (Wildman–Crippen MR) is 104 cm³/mol. The first-order chi connectivity index (χ1) is 12.5. The standard InChI is InChI=1S/C19H21BrN2O4/c1-3-11-21-19(24)22-15-5-4-6-17(12-15)26-18(23)13(2)25-16-9-7-14(20)8-10-16/h4-10,12-13H,3,11H2,1-2H3,(H2,21,22,24). The maximum absolute atomic E-state index is 12.2. The molecule has 0 heterocycles. The first-order valence-electron chi connectivity index (χ1n) is 8.26.